The van der Waals surface area contributed by atoms with Gasteiger partial charge in [0, 0.05) is 5.57 Å². The van der Waals surface area contributed by atoms with E-state index in [-0.39, 0.29) is 24.8 Å². The Hall–Kier alpha value is -2.26. The van der Waals surface area contributed by atoms with E-state index >= 15 is 0 Å². The van der Waals surface area contributed by atoms with E-state index in [9.17, 15) is 14.4 Å². The van der Waals surface area contributed by atoms with Crippen molar-refractivity contribution in [2.24, 2.45) is 0 Å². The van der Waals surface area contributed by atoms with E-state index in [4.69, 9.17) is 15.1 Å². The van der Waals surface area contributed by atoms with Gasteiger partial charge in [-0.25, -0.2) is 19.4 Å². The van der Waals surface area contributed by atoms with Crippen LogP contribution >= 0.6 is 24.4 Å². The van der Waals surface area contributed by atoms with Crippen molar-refractivity contribution in [3.8, 4) is 6.07 Å². The zero-order chi connectivity index (χ0) is 24.7. The van der Waals surface area contributed by atoms with E-state index in [0.717, 1.165) is 6.42 Å². The van der Waals surface area contributed by atoms with E-state index in [2.05, 4.69) is 27.1 Å². The molecule has 0 bridgehead atoms. The maximum atomic E-state index is 11.0. The molecule has 0 aliphatic rings. The molecule has 176 valence electrons. The van der Waals surface area contributed by atoms with Crippen molar-refractivity contribution in [3.63, 3.8) is 0 Å². The summed E-state index contributed by atoms with van der Waals surface area (Å²) in [4.78, 5) is 41.0. The highest BCUT2D eigenvalue weighted by Crippen LogP contribution is 2.04. The van der Waals surface area contributed by atoms with Crippen molar-refractivity contribution < 1.29 is 38.7 Å². The van der Waals surface area contributed by atoms with Crippen molar-refractivity contribution in [2.45, 2.75) is 34.1 Å². The largest absolute Gasteiger partial charge is 0.515 e. The van der Waals surface area contributed by atoms with Crippen LogP contribution in [-0.2, 0) is 33.6 Å². The van der Waals surface area contributed by atoms with E-state index in [1.165, 1.54) is 31.2 Å². The highest BCUT2D eigenvalue weighted by atomic mass is 32.2. The quantitative estimate of drug-likeness (QED) is 0.0552. The number of rotatable bonds is 10. The highest BCUT2D eigenvalue weighted by Gasteiger charge is 2.14. The zero-order valence-electron chi connectivity index (χ0n) is 18.7. The van der Waals surface area contributed by atoms with Gasteiger partial charge in [0.1, 0.15) is 12.2 Å². The third kappa shape index (κ3) is 20.8. The topological polar surface area (TPSA) is 132 Å². The molecule has 0 aliphatic heterocycles. The first-order valence-corrected chi connectivity index (χ1v) is 10.8. The lowest BCUT2D eigenvalue weighted by Crippen LogP contribution is -2.13. The average Bonchev–Trinajstić information content (AvgIpc) is 2.74. The molecule has 0 saturated carbocycles. The monoisotopic (exact) mass is 477 g/mol. The number of carbonyl (C=O) groups is 3. The number of aliphatic hydroxyl groups is 1. The van der Waals surface area contributed by atoms with Crippen molar-refractivity contribution in [3.05, 3.63) is 33.8 Å². The second-order valence-electron chi connectivity index (χ2n) is 5.19. The molecule has 0 radical (unpaired) electrons. The number of ether oxygens (including phenoxy) is 2. The summed E-state index contributed by atoms with van der Waals surface area (Å²) in [5, 5.41) is 19.8. The Morgan fingerprint density at radius 1 is 1.16 bits per heavy atom. The van der Waals surface area contributed by atoms with E-state index in [0.29, 0.717) is 24.0 Å². The molecular weight excluding hydrogens is 446 g/mol. The Bertz CT molecular complexity index is 667. The Kier molecular flexibility index (Phi) is 25.9. The lowest BCUT2D eigenvalue weighted by atomic mass is 10.2. The molecule has 0 heterocycles. The van der Waals surface area contributed by atoms with Gasteiger partial charge >= 0.3 is 11.9 Å². The molecule has 9 nitrogen and oxygen atoms in total. The average molecular weight is 478 g/mol. The first-order chi connectivity index (χ1) is 14.7. The molecule has 31 heavy (non-hydrogen) atoms. The summed E-state index contributed by atoms with van der Waals surface area (Å²) in [5.41, 5.74) is 0.776. The van der Waals surface area contributed by atoms with Crippen LogP contribution in [-0.4, -0.2) is 56.0 Å². The van der Waals surface area contributed by atoms with Crippen LogP contribution in [0.5, 0.6) is 0 Å². The normalized spacial score (nSPS) is 11.1. The fourth-order valence-corrected chi connectivity index (χ4v) is 1.83. The van der Waals surface area contributed by atoms with Crippen molar-refractivity contribution in [1.82, 2.24) is 0 Å². The molecule has 0 atom stereocenters. The lowest BCUT2D eigenvalue weighted by molar-refractivity contribution is -0.264. The van der Waals surface area contributed by atoms with Crippen LogP contribution in [0, 0.1) is 11.3 Å². The van der Waals surface area contributed by atoms with E-state index < -0.39 is 11.8 Å². The number of hydrogen-bond acceptors (Lipinski definition) is 11. The molecule has 0 fully saturated rings. The number of carbonyl (C=O) groups excluding carboxylic acids is 3. The zero-order valence-corrected chi connectivity index (χ0v) is 20.4. The third-order valence-corrected chi connectivity index (χ3v) is 3.59. The second kappa shape index (κ2) is 24.0. The Morgan fingerprint density at radius 2 is 1.77 bits per heavy atom. The van der Waals surface area contributed by atoms with Gasteiger partial charge in [-0.1, -0.05) is 6.92 Å². The first kappa shape index (κ1) is 33.4. The fraction of sp³-hybridized carbons (Fsp3) is 0.500. The van der Waals surface area contributed by atoms with Gasteiger partial charge in [-0.2, -0.15) is 17.9 Å². The molecule has 0 rings (SSSR count). The highest BCUT2D eigenvalue weighted by molar-refractivity contribution is 8.01. The SMILES string of the molecule is CCCOC(=O)/C(C)=C/SC.CCOC(=O)/C(=C\O)C(C)=O.COOC/C(C#N)=C\S. The van der Waals surface area contributed by atoms with E-state index in [1.807, 2.05) is 19.2 Å². The minimum atomic E-state index is -0.789. The van der Waals surface area contributed by atoms with Gasteiger partial charge in [0.2, 0.25) is 0 Å². The standard InChI is InChI=1S/C8H14O2S.C7H10O4.C5H7NO2S/c1-4-5-10-8(9)7(2)6-11-3;1-3-11-7(10)6(4-8)5(2)9;1-7-8-3-5(2-6)4-9/h6H,4-5H2,1-3H3;4,8H,3H2,1-2H3;4,9H,3H2,1H3/b7-6+;6-4-;5-4-. The lowest BCUT2D eigenvalue weighted by Gasteiger charge is -2.01. The van der Waals surface area contributed by atoms with Crippen LogP contribution < -0.4 is 0 Å². The summed E-state index contributed by atoms with van der Waals surface area (Å²) in [7, 11) is 1.38. The number of aliphatic hydroxyl groups excluding tert-OH is 1. The summed E-state index contributed by atoms with van der Waals surface area (Å²) in [6.07, 6.45) is 3.25. The molecule has 0 aliphatic carbocycles. The maximum Gasteiger partial charge on any atom is 0.344 e. The van der Waals surface area contributed by atoms with Crippen LogP contribution in [0.4, 0.5) is 0 Å². The van der Waals surface area contributed by atoms with Gasteiger partial charge in [-0.05, 0) is 44.3 Å². The predicted octanol–water partition coefficient (Wildman–Crippen LogP) is 3.69. The molecule has 0 spiro atoms. The maximum absolute atomic E-state index is 11.0. The van der Waals surface area contributed by atoms with Gasteiger partial charge in [0.05, 0.1) is 38.2 Å². The first-order valence-electron chi connectivity index (χ1n) is 8.98. The Morgan fingerprint density at radius 3 is 2.13 bits per heavy atom. The van der Waals surface area contributed by atoms with Crippen LogP contribution in [0.3, 0.4) is 0 Å². The molecule has 0 aromatic heterocycles. The fourth-order valence-electron chi connectivity index (χ4n) is 1.25. The number of thiol groups is 1. The molecule has 0 saturated heterocycles. The predicted molar refractivity (Wildman–Crippen MR) is 122 cm³/mol. The van der Waals surface area contributed by atoms with Gasteiger partial charge in [-0.15, -0.1) is 11.8 Å². The minimum absolute atomic E-state index is 0.149. The summed E-state index contributed by atoms with van der Waals surface area (Å²) < 4.78 is 9.35. The third-order valence-electron chi connectivity index (χ3n) is 2.69. The number of thioether (sulfide) groups is 1. The van der Waals surface area contributed by atoms with Gasteiger partial charge < -0.3 is 14.6 Å². The van der Waals surface area contributed by atoms with E-state index in [1.54, 1.807) is 19.3 Å². The van der Waals surface area contributed by atoms with Gasteiger partial charge in [-0.3, -0.25) is 4.79 Å². The number of hydrogen-bond donors (Lipinski definition) is 2. The smallest absolute Gasteiger partial charge is 0.344 e. The van der Waals surface area contributed by atoms with Crippen LogP contribution in [0.1, 0.15) is 34.1 Å². The van der Waals surface area contributed by atoms with Gasteiger partial charge in [0.15, 0.2) is 5.78 Å². The number of Topliss-reactive ketones (excluding diaryl/α,β-unsaturated/α-hetero) is 1. The molecular formula is C20H31NO8S2. The van der Waals surface area contributed by atoms with Crippen molar-refractivity contribution in [1.29, 1.82) is 5.26 Å². The Labute approximate surface area is 193 Å². The molecule has 11 heteroatoms. The number of nitrogens with zero attached hydrogens (tertiary/aromatic N) is 1. The van der Waals surface area contributed by atoms with Crippen LogP contribution in [0.15, 0.2) is 33.8 Å². The summed E-state index contributed by atoms with van der Waals surface area (Å²) >= 11 is 5.26. The van der Waals surface area contributed by atoms with Crippen molar-refractivity contribution in [2.75, 3.05) is 33.2 Å². The number of esters is 2. The summed E-state index contributed by atoms with van der Waals surface area (Å²) in [5.74, 6) is -1.50. The Balaban J connectivity index is -0.000000382. The molecule has 0 aromatic rings. The summed E-state index contributed by atoms with van der Waals surface area (Å²) in [6, 6.07) is 1.87. The van der Waals surface area contributed by atoms with Crippen LogP contribution in [0.25, 0.3) is 0 Å². The molecule has 1 N–H and O–H groups in total. The molecule has 0 amide bonds. The second-order valence-corrected chi connectivity index (χ2v) is 6.15. The van der Waals surface area contributed by atoms with Crippen molar-refractivity contribution >= 4 is 42.1 Å². The van der Waals surface area contributed by atoms with Gasteiger partial charge in [0.25, 0.3) is 0 Å². The minimum Gasteiger partial charge on any atom is -0.515 e. The number of ketones is 1. The van der Waals surface area contributed by atoms with Crippen LogP contribution in [0.2, 0.25) is 0 Å². The molecule has 0 aromatic carbocycles. The number of nitriles is 1. The molecule has 0 unspecified atom stereocenters. The summed E-state index contributed by atoms with van der Waals surface area (Å²) in [6.45, 7) is 7.37.